The lowest BCUT2D eigenvalue weighted by Gasteiger charge is -2.30. The highest BCUT2D eigenvalue weighted by atomic mass is 16.6. The van der Waals surface area contributed by atoms with Crippen LogP contribution < -0.4 is 0 Å². The maximum atomic E-state index is 13.4. The quantitative estimate of drug-likeness (QED) is 0.365. The van der Waals surface area contributed by atoms with Crippen LogP contribution in [0.25, 0.3) is 0 Å². The molecule has 3 rings (SSSR count). The minimum Gasteiger partial charge on any atom is -0.353 e. The molecule has 2 amide bonds. The molecule has 0 fully saturated rings. The van der Waals surface area contributed by atoms with Crippen LogP contribution in [0.15, 0.2) is 72.9 Å². The fourth-order valence-electron chi connectivity index (χ4n) is 3.52. The van der Waals surface area contributed by atoms with Gasteiger partial charge in [0.15, 0.2) is 0 Å². The molecule has 0 saturated heterocycles. The van der Waals surface area contributed by atoms with Gasteiger partial charge in [-0.3, -0.25) is 19.7 Å². The van der Waals surface area contributed by atoms with E-state index >= 15 is 0 Å². The number of amides is 2. The Bertz CT molecular complexity index is 1110. The molecule has 0 saturated carbocycles. The highest BCUT2D eigenvalue weighted by Crippen LogP contribution is 2.16. The van der Waals surface area contributed by atoms with E-state index in [1.54, 1.807) is 4.90 Å². The monoisotopic (exact) mass is 448 g/mol. The van der Waals surface area contributed by atoms with E-state index in [0.29, 0.717) is 18.7 Å². The Morgan fingerprint density at radius 1 is 0.970 bits per heavy atom. The van der Waals surface area contributed by atoms with E-state index in [0.717, 1.165) is 11.3 Å². The maximum Gasteiger partial charge on any atom is 0.269 e. The van der Waals surface area contributed by atoms with Crippen LogP contribution in [0.1, 0.15) is 35.5 Å². The highest BCUT2D eigenvalue weighted by Gasteiger charge is 2.25. The van der Waals surface area contributed by atoms with Crippen molar-refractivity contribution in [2.45, 2.75) is 33.0 Å². The Morgan fingerprint density at radius 3 is 2.18 bits per heavy atom. The lowest BCUT2D eigenvalue weighted by molar-refractivity contribution is -0.384. The Hall–Kier alpha value is -3.94. The third-order valence-electron chi connectivity index (χ3n) is 5.49. The number of benzene rings is 2. The molecular weight excluding hydrogens is 420 g/mol. The first-order valence-corrected chi connectivity index (χ1v) is 10.7. The number of hydrogen-bond donors (Lipinski definition) is 0. The zero-order valence-electron chi connectivity index (χ0n) is 19.0. The van der Waals surface area contributed by atoms with E-state index < -0.39 is 4.92 Å². The first kappa shape index (κ1) is 23.7. The van der Waals surface area contributed by atoms with E-state index in [1.165, 1.54) is 29.2 Å². The van der Waals surface area contributed by atoms with Gasteiger partial charge in [-0.15, -0.1) is 0 Å². The summed E-state index contributed by atoms with van der Waals surface area (Å²) in [5.74, 6) is -0.518. The molecule has 0 aliphatic rings. The summed E-state index contributed by atoms with van der Waals surface area (Å²) >= 11 is 0. The van der Waals surface area contributed by atoms with Gasteiger partial charge < -0.3 is 14.4 Å². The zero-order valence-corrected chi connectivity index (χ0v) is 19.0. The SMILES string of the molecule is CC(C)N(CC(=O)N(Cc1ccccc1)Cc1cccn1C)C(=O)c1ccc([N+](=O)[O-])cc1. The lowest BCUT2D eigenvalue weighted by atomic mass is 10.1. The van der Waals surface area contributed by atoms with Crippen molar-refractivity contribution in [1.82, 2.24) is 14.4 Å². The predicted molar refractivity (Wildman–Crippen MR) is 125 cm³/mol. The van der Waals surface area contributed by atoms with Crippen LogP contribution in [0.4, 0.5) is 5.69 Å². The molecule has 8 heteroatoms. The molecule has 0 aliphatic carbocycles. The van der Waals surface area contributed by atoms with Crippen molar-refractivity contribution in [2.24, 2.45) is 7.05 Å². The second kappa shape index (κ2) is 10.6. The summed E-state index contributed by atoms with van der Waals surface area (Å²) in [6.45, 7) is 4.42. The van der Waals surface area contributed by atoms with Crippen molar-refractivity contribution in [3.8, 4) is 0 Å². The van der Waals surface area contributed by atoms with E-state index in [-0.39, 0.29) is 30.1 Å². The number of nitrogens with zero attached hydrogens (tertiary/aromatic N) is 4. The number of carbonyl (C=O) groups excluding carboxylic acids is 2. The third kappa shape index (κ3) is 6.06. The summed E-state index contributed by atoms with van der Waals surface area (Å²) in [7, 11) is 1.93. The number of non-ortho nitro benzene ring substituents is 1. The Labute approximate surface area is 193 Å². The van der Waals surface area contributed by atoms with Crippen LogP contribution >= 0.6 is 0 Å². The van der Waals surface area contributed by atoms with E-state index in [4.69, 9.17) is 0 Å². The molecule has 0 N–H and O–H groups in total. The summed E-state index contributed by atoms with van der Waals surface area (Å²) in [6.07, 6.45) is 1.93. The second-order valence-electron chi connectivity index (χ2n) is 8.18. The van der Waals surface area contributed by atoms with Crippen LogP contribution in [0, 0.1) is 10.1 Å². The van der Waals surface area contributed by atoms with E-state index in [9.17, 15) is 19.7 Å². The molecule has 8 nitrogen and oxygen atoms in total. The number of hydrogen-bond acceptors (Lipinski definition) is 4. The van der Waals surface area contributed by atoms with Gasteiger partial charge >= 0.3 is 0 Å². The minimum atomic E-state index is -0.511. The first-order valence-electron chi connectivity index (χ1n) is 10.7. The minimum absolute atomic E-state index is 0.0877. The highest BCUT2D eigenvalue weighted by molar-refractivity contribution is 5.96. The van der Waals surface area contributed by atoms with E-state index in [1.807, 2.05) is 74.1 Å². The van der Waals surface area contributed by atoms with Gasteiger partial charge in [-0.1, -0.05) is 30.3 Å². The average Bonchev–Trinajstić information content (AvgIpc) is 3.21. The molecule has 172 valence electrons. The molecule has 0 atom stereocenters. The van der Waals surface area contributed by atoms with Crippen molar-refractivity contribution < 1.29 is 14.5 Å². The zero-order chi connectivity index (χ0) is 24.0. The van der Waals surface area contributed by atoms with Gasteiger partial charge in [0.05, 0.1) is 11.5 Å². The largest absolute Gasteiger partial charge is 0.353 e. The topological polar surface area (TPSA) is 88.7 Å². The van der Waals surface area contributed by atoms with Gasteiger partial charge in [-0.05, 0) is 43.7 Å². The van der Waals surface area contributed by atoms with Crippen molar-refractivity contribution in [1.29, 1.82) is 0 Å². The molecule has 33 heavy (non-hydrogen) atoms. The van der Waals surface area contributed by atoms with Crippen molar-refractivity contribution in [3.05, 3.63) is 99.9 Å². The third-order valence-corrected chi connectivity index (χ3v) is 5.49. The van der Waals surface area contributed by atoms with Crippen LogP contribution in [-0.4, -0.2) is 43.7 Å². The summed E-state index contributed by atoms with van der Waals surface area (Å²) in [4.78, 5) is 40.2. The Morgan fingerprint density at radius 2 is 1.64 bits per heavy atom. The van der Waals surface area contributed by atoms with Crippen LogP contribution in [-0.2, 0) is 24.9 Å². The number of nitro groups is 1. The van der Waals surface area contributed by atoms with Gasteiger partial charge in [0.25, 0.3) is 11.6 Å². The molecule has 0 aliphatic heterocycles. The second-order valence-corrected chi connectivity index (χ2v) is 8.18. The van der Waals surface area contributed by atoms with Crippen LogP contribution in [0.2, 0.25) is 0 Å². The number of aryl methyl sites for hydroxylation is 1. The molecule has 1 aromatic heterocycles. The maximum absolute atomic E-state index is 13.4. The fraction of sp³-hybridized carbons (Fsp3) is 0.280. The van der Waals surface area contributed by atoms with Gasteiger partial charge in [0.1, 0.15) is 6.54 Å². The number of rotatable bonds is 9. The molecule has 2 aromatic carbocycles. The average molecular weight is 449 g/mol. The summed E-state index contributed by atoms with van der Waals surface area (Å²) < 4.78 is 1.97. The number of aromatic nitrogens is 1. The Kier molecular flexibility index (Phi) is 7.61. The van der Waals surface area contributed by atoms with Gasteiger partial charge in [0, 0.05) is 49.2 Å². The summed E-state index contributed by atoms with van der Waals surface area (Å²) in [5.41, 5.74) is 2.20. The number of nitro benzene ring substituents is 1. The first-order chi connectivity index (χ1) is 15.8. The standard InChI is InChI=1S/C25H28N4O4/c1-19(2)28(25(31)21-11-13-22(14-12-21)29(32)33)18-24(30)27(16-20-8-5-4-6-9-20)17-23-10-7-15-26(23)3/h4-15,19H,16-18H2,1-3H3. The Balaban J connectivity index is 1.81. The van der Waals surface area contributed by atoms with E-state index in [2.05, 4.69) is 0 Å². The molecule has 0 spiro atoms. The molecular formula is C25H28N4O4. The predicted octanol–water partition coefficient (Wildman–Crippen LogP) is 4.01. The normalized spacial score (nSPS) is 10.8. The van der Waals surface area contributed by atoms with Crippen LogP contribution in [0.3, 0.4) is 0 Å². The van der Waals surface area contributed by atoms with Crippen molar-refractivity contribution in [2.75, 3.05) is 6.54 Å². The molecule has 0 radical (unpaired) electrons. The molecule has 0 bridgehead atoms. The van der Waals surface area contributed by atoms with Crippen LogP contribution in [0.5, 0.6) is 0 Å². The lowest BCUT2D eigenvalue weighted by Crippen LogP contribution is -2.45. The summed E-state index contributed by atoms with van der Waals surface area (Å²) in [5, 5.41) is 10.9. The van der Waals surface area contributed by atoms with Crippen molar-refractivity contribution >= 4 is 17.5 Å². The number of carbonyl (C=O) groups is 2. The smallest absolute Gasteiger partial charge is 0.269 e. The molecule has 1 heterocycles. The fourth-order valence-corrected chi connectivity index (χ4v) is 3.52. The van der Waals surface area contributed by atoms with Gasteiger partial charge in [-0.2, -0.15) is 0 Å². The molecule has 3 aromatic rings. The molecule has 0 unspecified atom stereocenters. The van der Waals surface area contributed by atoms with Gasteiger partial charge in [-0.25, -0.2) is 0 Å². The summed E-state index contributed by atoms with van der Waals surface area (Å²) in [6, 6.07) is 18.8. The van der Waals surface area contributed by atoms with Gasteiger partial charge in [0.2, 0.25) is 5.91 Å². The van der Waals surface area contributed by atoms with Crippen molar-refractivity contribution in [3.63, 3.8) is 0 Å².